The Morgan fingerprint density at radius 3 is 3.00 bits per heavy atom. The molecule has 1 aromatic carbocycles. The molecule has 94 valence electrons. The van der Waals surface area contributed by atoms with Crippen LogP contribution in [0.1, 0.15) is 25.1 Å². The molecule has 0 N–H and O–H groups in total. The lowest BCUT2D eigenvalue weighted by Gasteiger charge is -2.15. The Labute approximate surface area is 105 Å². The molecule has 2 aromatic rings. The van der Waals surface area contributed by atoms with Gasteiger partial charge < -0.3 is 14.0 Å². The first-order valence-electron chi connectivity index (χ1n) is 5.94. The zero-order valence-electron chi connectivity index (χ0n) is 10.5. The van der Waals surface area contributed by atoms with Gasteiger partial charge in [-0.3, -0.25) is 0 Å². The van der Waals surface area contributed by atoms with Crippen molar-refractivity contribution in [3.8, 4) is 11.5 Å². The van der Waals surface area contributed by atoms with Crippen LogP contribution in [-0.2, 0) is 12.0 Å². The van der Waals surface area contributed by atoms with Gasteiger partial charge in [0.2, 0.25) is 0 Å². The summed E-state index contributed by atoms with van der Waals surface area (Å²) in [4.78, 5) is 0. The van der Waals surface area contributed by atoms with Crippen LogP contribution in [0.5, 0.6) is 11.5 Å². The molecular weight excluding hydrogens is 230 g/mol. The van der Waals surface area contributed by atoms with Crippen LogP contribution >= 0.6 is 0 Å². The highest BCUT2D eigenvalue weighted by molar-refractivity contribution is 5.47. The number of benzene rings is 1. The molecular formula is C14H15NO3. The summed E-state index contributed by atoms with van der Waals surface area (Å²) in [6.45, 7) is 5.46. The molecule has 4 nitrogen and oxygen atoms in total. The summed E-state index contributed by atoms with van der Waals surface area (Å²) in [7, 11) is 0. The first kappa shape index (κ1) is 11.1. The lowest BCUT2D eigenvalue weighted by molar-refractivity contribution is 0.288. The fraction of sp³-hybridized carbons (Fsp3) is 0.357. The van der Waals surface area contributed by atoms with Gasteiger partial charge in [0.05, 0.1) is 6.61 Å². The lowest BCUT2D eigenvalue weighted by Crippen LogP contribution is -2.18. The molecule has 0 spiro atoms. The average molecular weight is 245 g/mol. The van der Waals surface area contributed by atoms with Crippen molar-refractivity contribution < 1.29 is 14.0 Å². The van der Waals surface area contributed by atoms with Crippen LogP contribution in [0.3, 0.4) is 0 Å². The van der Waals surface area contributed by atoms with E-state index < -0.39 is 0 Å². The van der Waals surface area contributed by atoms with E-state index in [1.807, 2.05) is 18.2 Å². The third kappa shape index (κ3) is 1.94. The number of rotatable bonds is 3. The van der Waals surface area contributed by atoms with Crippen molar-refractivity contribution in [1.29, 1.82) is 0 Å². The maximum Gasteiger partial charge on any atom is 0.134 e. The number of hydrogen-bond acceptors (Lipinski definition) is 4. The maximum atomic E-state index is 5.69. The van der Waals surface area contributed by atoms with Gasteiger partial charge in [-0.25, -0.2) is 0 Å². The summed E-state index contributed by atoms with van der Waals surface area (Å²) in [5.74, 6) is 1.78. The molecule has 3 rings (SSSR count). The third-order valence-corrected chi connectivity index (χ3v) is 3.15. The second-order valence-corrected chi connectivity index (χ2v) is 5.11. The number of nitrogens with zero attached hydrogens (tertiary/aromatic N) is 1. The van der Waals surface area contributed by atoms with Crippen LogP contribution < -0.4 is 9.47 Å². The Morgan fingerprint density at radius 2 is 2.22 bits per heavy atom. The van der Waals surface area contributed by atoms with E-state index in [2.05, 4.69) is 19.0 Å². The van der Waals surface area contributed by atoms with Crippen LogP contribution in [0.25, 0.3) is 0 Å². The van der Waals surface area contributed by atoms with Crippen molar-refractivity contribution in [2.45, 2.75) is 25.9 Å². The molecule has 0 radical (unpaired) electrons. The Kier molecular flexibility index (Phi) is 2.51. The number of hydrogen-bond donors (Lipinski definition) is 0. The van der Waals surface area contributed by atoms with E-state index in [1.165, 1.54) is 5.56 Å². The second kappa shape index (κ2) is 4.05. The third-order valence-electron chi connectivity index (χ3n) is 3.15. The Morgan fingerprint density at radius 1 is 1.33 bits per heavy atom. The molecule has 1 aliphatic heterocycles. The molecule has 0 amide bonds. The van der Waals surface area contributed by atoms with Crippen molar-refractivity contribution >= 4 is 0 Å². The molecule has 0 saturated heterocycles. The van der Waals surface area contributed by atoms with Crippen molar-refractivity contribution in [3.05, 3.63) is 41.8 Å². The minimum Gasteiger partial charge on any atom is -0.492 e. The average Bonchev–Trinajstić information content (AvgIpc) is 2.96. The van der Waals surface area contributed by atoms with Crippen LogP contribution in [0, 0.1) is 0 Å². The smallest absolute Gasteiger partial charge is 0.134 e. The fourth-order valence-electron chi connectivity index (χ4n) is 2.06. The summed E-state index contributed by atoms with van der Waals surface area (Å²) in [5, 5.41) is 3.81. The molecule has 18 heavy (non-hydrogen) atoms. The molecule has 1 aromatic heterocycles. The van der Waals surface area contributed by atoms with E-state index in [-0.39, 0.29) is 5.41 Å². The number of fused-ring (bicyclic) bond motifs is 1. The summed E-state index contributed by atoms with van der Waals surface area (Å²) in [6.07, 6.45) is 1.54. The quantitative estimate of drug-likeness (QED) is 0.834. The summed E-state index contributed by atoms with van der Waals surface area (Å²) >= 11 is 0. The van der Waals surface area contributed by atoms with Crippen molar-refractivity contribution in [2.75, 3.05) is 6.61 Å². The monoisotopic (exact) mass is 245 g/mol. The van der Waals surface area contributed by atoms with E-state index >= 15 is 0 Å². The molecule has 0 saturated carbocycles. The SMILES string of the molecule is CC1(C)COc2ccc(OCc3ccon3)cc21. The highest BCUT2D eigenvalue weighted by Crippen LogP contribution is 2.40. The van der Waals surface area contributed by atoms with Crippen molar-refractivity contribution in [2.24, 2.45) is 0 Å². The highest BCUT2D eigenvalue weighted by Gasteiger charge is 2.31. The summed E-state index contributed by atoms with van der Waals surface area (Å²) < 4.78 is 16.1. The van der Waals surface area contributed by atoms with Gasteiger partial charge in [0.1, 0.15) is 30.1 Å². The van der Waals surface area contributed by atoms with Crippen LogP contribution in [-0.4, -0.2) is 11.8 Å². The Balaban J connectivity index is 1.78. The van der Waals surface area contributed by atoms with Crippen LogP contribution in [0.15, 0.2) is 35.1 Å². The predicted molar refractivity (Wildman–Crippen MR) is 65.8 cm³/mol. The first-order valence-corrected chi connectivity index (χ1v) is 5.94. The molecule has 0 unspecified atom stereocenters. The largest absolute Gasteiger partial charge is 0.492 e. The Bertz CT molecular complexity index is 546. The standard InChI is InChI=1S/C14H15NO3/c1-14(2)9-17-13-4-3-11(7-12(13)14)16-8-10-5-6-18-15-10/h3-7H,8-9H2,1-2H3. The molecule has 0 aliphatic carbocycles. The summed E-state index contributed by atoms with van der Waals surface area (Å²) in [6, 6.07) is 7.71. The van der Waals surface area contributed by atoms with Crippen LogP contribution in [0.2, 0.25) is 0 Å². The van der Waals surface area contributed by atoms with Gasteiger partial charge in [-0.1, -0.05) is 19.0 Å². The van der Waals surface area contributed by atoms with Crippen molar-refractivity contribution in [1.82, 2.24) is 5.16 Å². The van der Waals surface area contributed by atoms with Gasteiger partial charge in [-0.15, -0.1) is 0 Å². The molecule has 0 atom stereocenters. The van der Waals surface area contributed by atoms with E-state index in [0.717, 1.165) is 23.8 Å². The van der Waals surface area contributed by atoms with Crippen LogP contribution in [0.4, 0.5) is 0 Å². The van der Waals surface area contributed by atoms with Gasteiger partial charge in [0.15, 0.2) is 0 Å². The van der Waals surface area contributed by atoms with Gasteiger partial charge in [0.25, 0.3) is 0 Å². The number of ether oxygens (including phenoxy) is 2. The first-order chi connectivity index (χ1) is 8.65. The molecule has 0 bridgehead atoms. The maximum absolute atomic E-state index is 5.69. The zero-order chi connectivity index (χ0) is 12.6. The highest BCUT2D eigenvalue weighted by atomic mass is 16.5. The van der Waals surface area contributed by atoms with Crippen molar-refractivity contribution in [3.63, 3.8) is 0 Å². The zero-order valence-corrected chi connectivity index (χ0v) is 10.5. The Hall–Kier alpha value is -1.97. The molecule has 1 aliphatic rings. The lowest BCUT2D eigenvalue weighted by atomic mass is 9.87. The van der Waals surface area contributed by atoms with Gasteiger partial charge in [-0.05, 0) is 18.2 Å². The molecule has 0 fully saturated rings. The van der Waals surface area contributed by atoms with Gasteiger partial charge >= 0.3 is 0 Å². The second-order valence-electron chi connectivity index (χ2n) is 5.11. The van der Waals surface area contributed by atoms with E-state index in [9.17, 15) is 0 Å². The minimum absolute atomic E-state index is 0.0442. The normalized spacial score (nSPS) is 16.1. The number of aromatic nitrogens is 1. The molecule has 2 heterocycles. The van der Waals surface area contributed by atoms with E-state index in [4.69, 9.17) is 14.0 Å². The fourth-order valence-corrected chi connectivity index (χ4v) is 2.06. The summed E-state index contributed by atoms with van der Waals surface area (Å²) in [5.41, 5.74) is 2.02. The predicted octanol–water partition coefficient (Wildman–Crippen LogP) is 2.92. The minimum atomic E-state index is 0.0442. The topological polar surface area (TPSA) is 44.5 Å². The van der Waals surface area contributed by atoms with Gasteiger partial charge in [-0.2, -0.15) is 0 Å². The molecule has 4 heteroatoms. The van der Waals surface area contributed by atoms with E-state index in [1.54, 1.807) is 12.3 Å². The van der Waals surface area contributed by atoms with E-state index in [0.29, 0.717) is 6.61 Å². The van der Waals surface area contributed by atoms with Gasteiger partial charge in [0, 0.05) is 17.0 Å².